The van der Waals surface area contributed by atoms with E-state index in [4.69, 9.17) is 4.74 Å². The summed E-state index contributed by atoms with van der Waals surface area (Å²) in [6, 6.07) is 0. The van der Waals surface area contributed by atoms with E-state index < -0.39 is 0 Å². The third-order valence-corrected chi connectivity index (χ3v) is 2.81. The first kappa shape index (κ1) is 9.57. The van der Waals surface area contributed by atoms with Crippen molar-refractivity contribution in [2.75, 3.05) is 0 Å². The Bertz CT molecular complexity index is 307. The first-order valence-electron chi connectivity index (χ1n) is 5.65. The summed E-state index contributed by atoms with van der Waals surface area (Å²) in [5.41, 5.74) is 2.78. The molecule has 0 spiro atoms. The molecule has 76 valence electrons. The molecule has 1 nitrogen and oxygen atoms in total. The van der Waals surface area contributed by atoms with Gasteiger partial charge in [-0.25, -0.2) is 0 Å². The molecule has 1 atom stereocenters. The topological polar surface area (TPSA) is 9.23 Å². The van der Waals surface area contributed by atoms with E-state index in [1.165, 1.54) is 29.7 Å². The highest BCUT2D eigenvalue weighted by Gasteiger charge is 2.29. The lowest BCUT2D eigenvalue weighted by Gasteiger charge is -2.12. The van der Waals surface area contributed by atoms with Crippen LogP contribution in [0.25, 0.3) is 0 Å². The molecule has 0 aromatic carbocycles. The fourth-order valence-corrected chi connectivity index (χ4v) is 2.16. The van der Waals surface area contributed by atoms with Crippen molar-refractivity contribution in [3.8, 4) is 0 Å². The van der Waals surface area contributed by atoms with Gasteiger partial charge >= 0.3 is 0 Å². The van der Waals surface area contributed by atoms with Gasteiger partial charge in [0, 0.05) is 17.6 Å². The molecule has 0 aromatic rings. The van der Waals surface area contributed by atoms with Crippen LogP contribution in [0, 0.1) is 0 Å². The van der Waals surface area contributed by atoms with Crippen molar-refractivity contribution in [3.05, 3.63) is 35.1 Å². The largest absolute Gasteiger partial charge is 0.489 e. The molecule has 1 aliphatic heterocycles. The van der Waals surface area contributed by atoms with E-state index in [9.17, 15) is 0 Å². The summed E-state index contributed by atoms with van der Waals surface area (Å²) >= 11 is 0. The molecule has 1 aliphatic carbocycles. The van der Waals surface area contributed by atoms with Crippen LogP contribution in [0.15, 0.2) is 35.1 Å². The normalized spacial score (nSPS) is 23.9. The first-order valence-corrected chi connectivity index (χ1v) is 5.65. The Morgan fingerprint density at radius 2 is 2.14 bits per heavy atom. The average molecular weight is 190 g/mol. The minimum absolute atomic E-state index is 0.339. The average Bonchev–Trinajstić information content (AvgIpc) is 2.72. The fourth-order valence-electron chi connectivity index (χ4n) is 2.16. The highest BCUT2D eigenvalue weighted by Crippen LogP contribution is 2.38. The van der Waals surface area contributed by atoms with Gasteiger partial charge < -0.3 is 4.74 Å². The Morgan fingerprint density at radius 1 is 1.29 bits per heavy atom. The molecule has 0 radical (unpaired) electrons. The van der Waals surface area contributed by atoms with Crippen molar-refractivity contribution in [3.63, 3.8) is 0 Å². The van der Waals surface area contributed by atoms with Gasteiger partial charge in [-0.3, -0.25) is 0 Å². The standard InChI is InChI=1S/C13H18O/c1-3-6-12-10-8-5-9-11(10)13(14-12)7-4-2/h5,8-9,12H,3-4,6-7H2,1-2H3. The maximum absolute atomic E-state index is 5.97. The molecule has 0 bridgehead atoms. The van der Waals surface area contributed by atoms with Crippen LogP contribution in [0.5, 0.6) is 0 Å². The van der Waals surface area contributed by atoms with E-state index in [1.54, 1.807) is 0 Å². The quantitative estimate of drug-likeness (QED) is 0.656. The van der Waals surface area contributed by atoms with E-state index in [2.05, 4.69) is 32.1 Å². The number of allylic oxidation sites excluding steroid dienone is 4. The number of rotatable bonds is 4. The maximum atomic E-state index is 5.97. The predicted octanol–water partition coefficient (Wildman–Crippen LogP) is 3.74. The first-order chi connectivity index (χ1) is 6.86. The van der Waals surface area contributed by atoms with Crippen LogP contribution in [0.1, 0.15) is 39.5 Å². The van der Waals surface area contributed by atoms with Crippen molar-refractivity contribution in [2.45, 2.75) is 45.6 Å². The van der Waals surface area contributed by atoms with Gasteiger partial charge in [-0.15, -0.1) is 0 Å². The van der Waals surface area contributed by atoms with Gasteiger partial charge in [-0.05, 0) is 12.8 Å². The van der Waals surface area contributed by atoms with Crippen LogP contribution in [-0.4, -0.2) is 6.10 Å². The maximum Gasteiger partial charge on any atom is 0.124 e. The van der Waals surface area contributed by atoms with Gasteiger partial charge in [0.1, 0.15) is 11.9 Å². The highest BCUT2D eigenvalue weighted by atomic mass is 16.5. The molecule has 0 amide bonds. The molecule has 1 heterocycles. The smallest absolute Gasteiger partial charge is 0.124 e. The fraction of sp³-hybridized carbons (Fsp3) is 0.538. The van der Waals surface area contributed by atoms with Crippen molar-refractivity contribution in [1.82, 2.24) is 0 Å². The number of hydrogen-bond donors (Lipinski definition) is 0. The van der Waals surface area contributed by atoms with Crippen LogP contribution >= 0.6 is 0 Å². The zero-order valence-electron chi connectivity index (χ0n) is 9.05. The lowest BCUT2D eigenvalue weighted by Crippen LogP contribution is -2.08. The van der Waals surface area contributed by atoms with Gasteiger partial charge in [0.25, 0.3) is 0 Å². The summed E-state index contributed by atoms with van der Waals surface area (Å²) in [4.78, 5) is 0. The second-order valence-electron chi connectivity index (χ2n) is 3.96. The van der Waals surface area contributed by atoms with E-state index in [1.807, 2.05) is 0 Å². The van der Waals surface area contributed by atoms with Crippen molar-refractivity contribution in [2.24, 2.45) is 0 Å². The van der Waals surface area contributed by atoms with E-state index >= 15 is 0 Å². The van der Waals surface area contributed by atoms with Crippen LogP contribution in [0.3, 0.4) is 0 Å². The third kappa shape index (κ3) is 1.52. The van der Waals surface area contributed by atoms with Crippen LogP contribution in [0.2, 0.25) is 0 Å². The summed E-state index contributed by atoms with van der Waals surface area (Å²) in [7, 11) is 0. The van der Waals surface area contributed by atoms with Gasteiger partial charge in [0.05, 0.1) is 0 Å². The van der Waals surface area contributed by atoms with Gasteiger partial charge in [0.15, 0.2) is 0 Å². The monoisotopic (exact) mass is 190 g/mol. The predicted molar refractivity (Wildman–Crippen MR) is 58.9 cm³/mol. The molecule has 0 fully saturated rings. The Morgan fingerprint density at radius 3 is 2.86 bits per heavy atom. The van der Waals surface area contributed by atoms with Crippen molar-refractivity contribution in [1.29, 1.82) is 0 Å². The summed E-state index contributed by atoms with van der Waals surface area (Å²) in [5, 5.41) is 0. The Hall–Kier alpha value is -0.980. The molecular weight excluding hydrogens is 172 g/mol. The number of ether oxygens (including phenoxy) is 1. The molecule has 2 aliphatic rings. The third-order valence-electron chi connectivity index (χ3n) is 2.81. The minimum Gasteiger partial charge on any atom is -0.489 e. The zero-order chi connectivity index (χ0) is 9.97. The van der Waals surface area contributed by atoms with Crippen LogP contribution in [0.4, 0.5) is 0 Å². The molecule has 1 unspecified atom stereocenters. The molecule has 1 heteroatoms. The van der Waals surface area contributed by atoms with Crippen molar-refractivity contribution < 1.29 is 4.74 Å². The second kappa shape index (κ2) is 4.04. The summed E-state index contributed by atoms with van der Waals surface area (Å²) in [6.07, 6.45) is 11.5. The molecule has 14 heavy (non-hydrogen) atoms. The SMILES string of the molecule is CCCC1=C2C=CC=C2C(CCC)O1. The molecule has 0 saturated heterocycles. The lowest BCUT2D eigenvalue weighted by atomic mass is 10.0. The molecule has 2 rings (SSSR count). The van der Waals surface area contributed by atoms with Crippen LogP contribution < -0.4 is 0 Å². The van der Waals surface area contributed by atoms with Gasteiger partial charge in [-0.2, -0.15) is 0 Å². The molecule has 0 N–H and O–H groups in total. The molecule has 0 aromatic heterocycles. The second-order valence-corrected chi connectivity index (χ2v) is 3.96. The van der Waals surface area contributed by atoms with Crippen molar-refractivity contribution >= 4 is 0 Å². The highest BCUT2D eigenvalue weighted by molar-refractivity contribution is 5.54. The lowest BCUT2D eigenvalue weighted by molar-refractivity contribution is 0.150. The summed E-state index contributed by atoms with van der Waals surface area (Å²) < 4.78 is 5.97. The van der Waals surface area contributed by atoms with E-state index in [-0.39, 0.29) is 0 Å². The Kier molecular flexibility index (Phi) is 2.76. The molecular formula is C13H18O. The van der Waals surface area contributed by atoms with Gasteiger partial charge in [0.2, 0.25) is 0 Å². The van der Waals surface area contributed by atoms with E-state index in [0.717, 1.165) is 12.8 Å². The summed E-state index contributed by atoms with van der Waals surface area (Å²) in [5.74, 6) is 1.21. The van der Waals surface area contributed by atoms with Gasteiger partial charge in [-0.1, -0.05) is 38.5 Å². The molecule has 0 saturated carbocycles. The Balaban J connectivity index is 2.15. The minimum atomic E-state index is 0.339. The Labute approximate surface area is 86.2 Å². The zero-order valence-corrected chi connectivity index (χ0v) is 9.05. The number of fused-ring (bicyclic) bond motifs is 1. The van der Waals surface area contributed by atoms with Crippen LogP contribution in [-0.2, 0) is 4.74 Å². The van der Waals surface area contributed by atoms with E-state index in [0.29, 0.717) is 6.10 Å². The number of hydrogen-bond acceptors (Lipinski definition) is 1. The summed E-state index contributed by atoms with van der Waals surface area (Å²) in [6.45, 7) is 4.41.